The first-order chi connectivity index (χ1) is 7.80. The molecule has 0 radical (unpaired) electrons. The fraction of sp³-hybridized carbons (Fsp3) is 0.455. The summed E-state index contributed by atoms with van der Waals surface area (Å²) < 4.78 is 24.4. The number of hydrogen-bond donors (Lipinski definition) is 1. The van der Waals surface area contributed by atoms with Crippen molar-refractivity contribution in [1.82, 2.24) is 0 Å². The average molecular weight is 296 g/mol. The van der Waals surface area contributed by atoms with Crippen LogP contribution in [0.3, 0.4) is 0 Å². The highest BCUT2D eigenvalue weighted by molar-refractivity contribution is 7.92. The molecule has 0 bridgehead atoms. The lowest BCUT2D eigenvalue weighted by molar-refractivity contribution is 0.552. The molecule has 0 aromatic heterocycles. The van der Waals surface area contributed by atoms with Gasteiger partial charge in [0.2, 0.25) is 0 Å². The van der Waals surface area contributed by atoms with E-state index < -0.39 is 21.1 Å². The van der Waals surface area contributed by atoms with Gasteiger partial charge in [0.1, 0.15) is 0 Å². The van der Waals surface area contributed by atoms with Gasteiger partial charge >= 0.3 is 0 Å². The van der Waals surface area contributed by atoms with Gasteiger partial charge in [-0.2, -0.15) is 0 Å². The second-order valence-electron chi connectivity index (χ2n) is 3.90. The summed E-state index contributed by atoms with van der Waals surface area (Å²) >= 11 is 11.6. The Hall–Kier alpha value is -0.290. The summed E-state index contributed by atoms with van der Waals surface area (Å²) in [5, 5.41) is -0.0900. The highest BCUT2D eigenvalue weighted by Crippen LogP contribution is 2.27. The number of benzene rings is 1. The molecule has 2 atom stereocenters. The van der Waals surface area contributed by atoms with E-state index in [0.717, 1.165) is 0 Å². The minimum atomic E-state index is -3.46. The molecule has 0 aliphatic carbocycles. The summed E-state index contributed by atoms with van der Waals surface area (Å²) in [6, 6.07) is 3.89. The third-order valence-corrected chi connectivity index (χ3v) is 5.76. The van der Waals surface area contributed by atoms with E-state index >= 15 is 0 Å². The molecule has 0 saturated heterocycles. The number of sulfone groups is 1. The van der Waals surface area contributed by atoms with Crippen LogP contribution in [-0.2, 0) is 9.84 Å². The van der Waals surface area contributed by atoms with E-state index in [2.05, 4.69) is 0 Å². The van der Waals surface area contributed by atoms with E-state index in [-0.39, 0.29) is 9.92 Å². The standard InChI is InChI=1S/C11H15Cl2NO2S/c1-3-11(14)7(2)17(15,16)8-4-5-9(12)10(13)6-8/h4-7,11H,3,14H2,1-2H3. The van der Waals surface area contributed by atoms with Gasteiger partial charge < -0.3 is 5.73 Å². The van der Waals surface area contributed by atoms with Crippen LogP contribution in [0.1, 0.15) is 20.3 Å². The number of nitrogens with two attached hydrogens (primary N) is 1. The van der Waals surface area contributed by atoms with Crippen molar-refractivity contribution in [3.05, 3.63) is 28.2 Å². The lowest BCUT2D eigenvalue weighted by atomic mass is 10.2. The third-order valence-electron chi connectivity index (χ3n) is 2.78. The Morgan fingerprint density at radius 2 is 1.88 bits per heavy atom. The highest BCUT2D eigenvalue weighted by atomic mass is 35.5. The van der Waals surface area contributed by atoms with Gasteiger partial charge in [0, 0.05) is 6.04 Å². The SMILES string of the molecule is CCC(N)C(C)S(=O)(=O)c1ccc(Cl)c(Cl)c1. The van der Waals surface area contributed by atoms with Gasteiger partial charge in [-0.1, -0.05) is 30.1 Å². The molecule has 0 amide bonds. The van der Waals surface area contributed by atoms with Crippen molar-refractivity contribution in [2.45, 2.75) is 36.5 Å². The van der Waals surface area contributed by atoms with Crippen molar-refractivity contribution in [2.75, 3.05) is 0 Å². The molecule has 1 aromatic carbocycles. The lowest BCUT2D eigenvalue weighted by Crippen LogP contribution is -2.37. The predicted molar refractivity (Wildman–Crippen MR) is 71.4 cm³/mol. The molecule has 17 heavy (non-hydrogen) atoms. The maximum absolute atomic E-state index is 12.2. The van der Waals surface area contributed by atoms with E-state index in [1.165, 1.54) is 18.2 Å². The summed E-state index contributed by atoms with van der Waals surface area (Å²) in [4.78, 5) is 0.156. The van der Waals surface area contributed by atoms with Gasteiger partial charge in [0.05, 0.1) is 20.2 Å². The molecule has 1 aromatic rings. The van der Waals surface area contributed by atoms with Gasteiger partial charge in [0.25, 0.3) is 0 Å². The minimum absolute atomic E-state index is 0.156. The zero-order valence-electron chi connectivity index (χ0n) is 9.65. The molecule has 3 nitrogen and oxygen atoms in total. The molecule has 0 aliphatic rings. The van der Waals surface area contributed by atoms with Crippen LogP contribution in [0.15, 0.2) is 23.1 Å². The average Bonchev–Trinajstić information content (AvgIpc) is 2.30. The van der Waals surface area contributed by atoms with E-state index in [1.54, 1.807) is 6.92 Å². The lowest BCUT2D eigenvalue weighted by Gasteiger charge is -2.19. The predicted octanol–water partition coefficient (Wildman–Crippen LogP) is 2.89. The maximum Gasteiger partial charge on any atom is 0.182 e. The first-order valence-electron chi connectivity index (χ1n) is 5.25. The molecule has 2 N–H and O–H groups in total. The van der Waals surface area contributed by atoms with Gasteiger partial charge in [-0.05, 0) is 31.5 Å². The van der Waals surface area contributed by atoms with Crippen LogP contribution in [0.4, 0.5) is 0 Å². The summed E-state index contributed by atoms with van der Waals surface area (Å²) in [5.41, 5.74) is 5.77. The zero-order chi connectivity index (χ0) is 13.2. The summed E-state index contributed by atoms with van der Waals surface area (Å²) in [7, 11) is -3.46. The largest absolute Gasteiger partial charge is 0.327 e. The fourth-order valence-electron chi connectivity index (χ4n) is 1.43. The molecule has 2 unspecified atom stereocenters. The molecule has 6 heteroatoms. The van der Waals surface area contributed by atoms with Gasteiger partial charge in [-0.25, -0.2) is 8.42 Å². The van der Waals surface area contributed by atoms with Crippen LogP contribution in [-0.4, -0.2) is 19.7 Å². The molecule has 0 aliphatic heterocycles. The topological polar surface area (TPSA) is 60.2 Å². The van der Waals surface area contributed by atoms with Crippen molar-refractivity contribution in [3.63, 3.8) is 0 Å². The van der Waals surface area contributed by atoms with Crippen LogP contribution >= 0.6 is 23.2 Å². The van der Waals surface area contributed by atoms with Crippen molar-refractivity contribution in [2.24, 2.45) is 5.73 Å². The Kier molecular flexibility index (Phi) is 4.84. The molecule has 0 saturated carbocycles. The van der Waals surface area contributed by atoms with Gasteiger partial charge in [-0.3, -0.25) is 0 Å². The third kappa shape index (κ3) is 3.13. The molecular formula is C11H15Cl2NO2S. The molecular weight excluding hydrogens is 281 g/mol. The first kappa shape index (κ1) is 14.8. The molecule has 0 fully saturated rings. The second-order valence-corrected chi connectivity index (χ2v) is 7.02. The van der Waals surface area contributed by atoms with Crippen LogP contribution in [0.5, 0.6) is 0 Å². The Balaban J connectivity index is 3.17. The number of rotatable bonds is 4. The van der Waals surface area contributed by atoms with Crippen molar-refractivity contribution >= 4 is 33.0 Å². The van der Waals surface area contributed by atoms with E-state index in [9.17, 15) is 8.42 Å². The minimum Gasteiger partial charge on any atom is -0.327 e. The first-order valence-corrected chi connectivity index (χ1v) is 7.55. The molecule has 0 spiro atoms. The van der Waals surface area contributed by atoms with E-state index in [1.807, 2.05) is 6.92 Å². The Morgan fingerprint density at radius 3 is 2.35 bits per heavy atom. The fourth-order valence-corrected chi connectivity index (χ4v) is 3.42. The summed E-state index contributed by atoms with van der Waals surface area (Å²) in [5.74, 6) is 0. The van der Waals surface area contributed by atoms with E-state index in [4.69, 9.17) is 28.9 Å². The van der Waals surface area contributed by atoms with Gasteiger partial charge in [-0.15, -0.1) is 0 Å². The Bertz CT molecular complexity index is 502. The van der Waals surface area contributed by atoms with Crippen LogP contribution < -0.4 is 5.73 Å². The zero-order valence-corrected chi connectivity index (χ0v) is 12.0. The van der Waals surface area contributed by atoms with Crippen LogP contribution in [0.2, 0.25) is 10.0 Å². The number of hydrogen-bond acceptors (Lipinski definition) is 3. The monoisotopic (exact) mass is 295 g/mol. The summed E-state index contributed by atoms with van der Waals surface area (Å²) in [6.07, 6.45) is 0.599. The highest BCUT2D eigenvalue weighted by Gasteiger charge is 2.28. The quantitative estimate of drug-likeness (QED) is 0.929. The van der Waals surface area contributed by atoms with Crippen LogP contribution in [0, 0.1) is 0 Å². The second kappa shape index (κ2) is 5.57. The maximum atomic E-state index is 12.2. The Labute approximate surface area is 112 Å². The number of halogens is 2. The normalized spacial score (nSPS) is 15.6. The van der Waals surface area contributed by atoms with Gasteiger partial charge in [0.15, 0.2) is 9.84 Å². The molecule has 1 rings (SSSR count). The van der Waals surface area contributed by atoms with Crippen LogP contribution in [0.25, 0.3) is 0 Å². The van der Waals surface area contributed by atoms with Crippen molar-refractivity contribution < 1.29 is 8.42 Å². The summed E-state index contributed by atoms with van der Waals surface area (Å²) in [6.45, 7) is 3.46. The molecule has 96 valence electrons. The van der Waals surface area contributed by atoms with E-state index in [0.29, 0.717) is 11.4 Å². The smallest absolute Gasteiger partial charge is 0.182 e. The van der Waals surface area contributed by atoms with Crippen molar-refractivity contribution in [1.29, 1.82) is 0 Å². The Morgan fingerprint density at radius 1 is 1.29 bits per heavy atom. The van der Waals surface area contributed by atoms with Crippen molar-refractivity contribution in [3.8, 4) is 0 Å². The molecule has 0 heterocycles.